The molecule has 0 aliphatic carbocycles. The van der Waals surface area contributed by atoms with Crippen molar-refractivity contribution in [3.63, 3.8) is 0 Å². The van der Waals surface area contributed by atoms with Crippen LogP contribution in [0.3, 0.4) is 0 Å². The van der Waals surface area contributed by atoms with Gasteiger partial charge in [-0.1, -0.05) is 11.6 Å². The van der Waals surface area contributed by atoms with Crippen LogP contribution in [0.4, 0.5) is 0 Å². The molecule has 0 saturated carbocycles. The Balaban J connectivity index is 2.51. The first kappa shape index (κ1) is 12.8. The van der Waals surface area contributed by atoms with Crippen LogP contribution in [0.25, 0.3) is 0 Å². The number of hydrogen-bond acceptors (Lipinski definition) is 3. The molecule has 0 fully saturated rings. The van der Waals surface area contributed by atoms with Crippen molar-refractivity contribution in [2.45, 2.75) is 19.4 Å². The number of rotatable bonds is 5. The lowest BCUT2D eigenvalue weighted by Crippen LogP contribution is -2.30. The molecule has 1 rings (SSSR count). The highest BCUT2D eigenvalue weighted by Crippen LogP contribution is 2.21. The fraction of sp³-hybridized carbons (Fsp3) is 0.364. The second-order valence-electron chi connectivity index (χ2n) is 3.58. The first-order valence-corrected chi connectivity index (χ1v) is 5.23. The van der Waals surface area contributed by atoms with Crippen molar-refractivity contribution in [2.24, 2.45) is 5.73 Å². The molecule has 0 radical (unpaired) electrons. The maximum Gasteiger partial charge on any atom is 0.305 e. The minimum absolute atomic E-state index is 0.105. The van der Waals surface area contributed by atoms with Crippen molar-refractivity contribution in [1.82, 2.24) is 0 Å². The largest absolute Gasteiger partial charge is 0.492 e. The van der Waals surface area contributed by atoms with Gasteiger partial charge >= 0.3 is 5.97 Å². The Morgan fingerprint density at radius 1 is 1.62 bits per heavy atom. The number of hydrogen-bond donors (Lipinski definition) is 2. The van der Waals surface area contributed by atoms with E-state index in [4.69, 9.17) is 27.2 Å². The van der Waals surface area contributed by atoms with Crippen LogP contribution < -0.4 is 10.5 Å². The highest BCUT2D eigenvalue weighted by molar-refractivity contribution is 6.30. The lowest BCUT2D eigenvalue weighted by atomic mass is 10.2. The first-order chi connectivity index (χ1) is 7.49. The van der Waals surface area contributed by atoms with E-state index in [-0.39, 0.29) is 13.0 Å². The number of halogens is 1. The van der Waals surface area contributed by atoms with Gasteiger partial charge in [0.1, 0.15) is 12.4 Å². The Bertz CT molecular complexity index is 381. The SMILES string of the molecule is Cc1cc(Cl)ccc1OCC(N)CC(=O)O. The fourth-order valence-corrected chi connectivity index (χ4v) is 1.48. The summed E-state index contributed by atoms with van der Waals surface area (Å²) in [5.74, 6) is -0.255. The van der Waals surface area contributed by atoms with Crippen molar-refractivity contribution in [2.75, 3.05) is 6.61 Å². The first-order valence-electron chi connectivity index (χ1n) is 4.85. The van der Waals surface area contributed by atoms with E-state index in [2.05, 4.69) is 0 Å². The lowest BCUT2D eigenvalue weighted by molar-refractivity contribution is -0.137. The molecule has 4 nitrogen and oxygen atoms in total. The molecular formula is C11H14ClNO3. The molecule has 3 N–H and O–H groups in total. The van der Waals surface area contributed by atoms with E-state index in [1.54, 1.807) is 18.2 Å². The van der Waals surface area contributed by atoms with Crippen LogP contribution in [0.2, 0.25) is 5.02 Å². The van der Waals surface area contributed by atoms with E-state index in [9.17, 15) is 4.79 Å². The van der Waals surface area contributed by atoms with Crippen LogP contribution in [0.1, 0.15) is 12.0 Å². The Labute approximate surface area is 99.0 Å². The summed E-state index contributed by atoms with van der Waals surface area (Å²) >= 11 is 5.79. The maximum absolute atomic E-state index is 10.4. The van der Waals surface area contributed by atoms with Crippen LogP contribution in [-0.4, -0.2) is 23.7 Å². The van der Waals surface area contributed by atoms with E-state index in [0.29, 0.717) is 10.8 Å². The average molecular weight is 244 g/mol. The summed E-state index contributed by atoms with van der Waals surface area (Å²) in [6.45, 7) is 2.04. The molecule has 1 unspecified atom stereocenters. The van der Waals surface area contributed by atoms with Gasteiger partial charge in [0.15, 0.2) is 0 Å². The zero-order chi connectivity index (χ0) is 12.1. The van der Waals surface area contributed by atoms with Crippen LogP contribution in [0.15, 0.2) is 18.2 Å². The summed E-state index contributed by atoms with van der Waals surface area (Å²) in [7, 11) is 0. The zero-order valence-electron chi connectivity index (χ0n) is 8.94. The van der Waals surface area contributed by atoms with Crippen molar-refractivity contribution in [1.29, 1.82) is 0 Å². The Morgan fingerprint density at radius 2 is 2.31 bits per heavy atom. The molecular weight excluding hydrogens is 230 g/mol. The number of nitrogens with two attached hydrogens (primary N) is 1. The average Bonchev–Trinajstić information content (AvgIpc) is 2.15. The highest BCUT2D eigenvalue weighted by atomic mass is 35.5. The molecule has 16 heavy (non-hydrogen) atoms. The third kappa shape index (κ3) is 4.08. The van der Waals surface area contributed by atoms with Gasteiger partial charge in [-0.05, 0) is 30.7 Å². The van der Waals surface area contributed by atoms with E-state index in [0.717, 1.165) is 5.56 Å². The van der Waals surface area contributed by atoms with Gasteiger partial charge in [0.2, 0.25) is 0 Å². The van der Waals surface area contributed by atoms with Gasteiger partial charge in [-0.3, -0.25) is 4.79 Å². The van der Waals surface area contributed by atoms with Crippen molar-refractivity contribution < 1.29 is 14.6 Å². The Hall–Kier alpha value is -1.26. The van der Waals surface area contributed by atoms with Crippen LogP contribution in [0, 0.1) is 6.92 Å². The summed E-state index contributed by atoms with van der Waals surface area (Å²) in [5, 5.41) is 9.16. The summed E-state index contributed by atoms with van der Waals surface area (Å²) < 4.78 is 5.41. The Kier molecular flexibility index (Phi) is 4.58. The van der Waals surface area contributed by atoms with E-state index in [1.165, 1.54) is 0 Å². The fourth-order valence-electron chi connectivity index (χ4n) is 1.25. The molecule has 0 spiro atoms. The van der Waals surface area contributed by atoms with E-state index in [1.807, 2.05) is 6.92 Å². The zero-order valence-corrected chi connectivity index (χ0v) is 9.70. The van der Waals surface area contributed by atoms with E-state index < -0.39 is 12.0 Å². The molecule has 1 aromatic rings. The van der Waals surface area contributed by atoms with Gasteiger partial charge in [-0.15, -0.1) is 0 Å². The van der Waals surface area contributed by atoms with Crippen LogP contribution in [0.5, 0.6) is 5.75 Å². The van der Waals surface area contributed by atoms with E-state index >= 15 is 0 Å². The molecule has 1 atom stereocenters. The molecule has 0 aliphatic heterocycles. The molecule has 0 amide bonds. The molecule has 88 valence electrons. The van der Waals surface area contributed by atoms with Gasteiger partial charge < -0.3 is 15.6 Å². The number of aryl methyl sites for hydroxylation is 1. The van der Waals surface area contributed by atoms with Crippen molar-refractivity contribution in [3.05, 3.63) is 28.8 Å². The molecule has 0 saturated heterocycles. The minimum Gasteiger partial charge on any atom is -0.492 e. The van der Waals surface area contributed by atoms with Gasteiger partial charge in [0.25, 0.3) is 0 Å². The number of ether oxygens (including phenoxy) is 1. The molecule has 0 aliphatic rings. The van der Waals surface area contributed by atoms with Crippen LogP contribution in [-0.2, 0) is 4.79 Å². The Morgan fingerprint density at radius 3 is 2.88 bits per heavy atom. The highest BCUT2D eigenvalue weighted by Gasteiger charge is 2.09. The molecule has 5 heteroatoms. The third-order valence-corrected chi connectivity index (χ3v) is 2.26. The van der Waals surface area contributed by atoms with Crippen molar-refractivity contribution >= 4 is 17.6 Å². The quantitative estimate of drug-likeness (QED) is 0.828. The molecule has 0 aromatic heterocycles. The second-order valence-corrected chi connectivity index (χ2v) is 4.02. The van der Waals surface area contributed by atoms with Gasteiger partial charge in [0.05, 0.1) is 6.42 Å². The minimum atomic E-state index is -0.927. The standard InChI is InChI=1S/C11H14ClNO3/c1-7-4-8(12)2-3-10(7)16-6-9(13)5-11(14)15/h2-4,9H,5-6,13H2,1H3,(H,14,15). The topological polar surface area (TPSA) is 72.5 Å². The summed E-state index contributed by atoms with van der Waals surface area (Å²) in [6, 6.07) is 4.73. The molecule has 0 bridgehead atoms. The molecule has 1 aromatic carbocycles. The van der Waals surface area contributed by atoms with Gasteiger partial charge in [0, 0.05) is 11.1 Å². The number of benzene rings is 1. The molecule has 0 heterocycles. The maximum atomic E-state index is 10.4. The van der Waals surface area contributed by atoms with Gasteiger partial charge in [-0.25, -0.2) is 0 Å². The summed E-state index contributed by atoms with van der Waals surface area (Å²) in [5.41, 5.74) is 6.47. The third-order valence-electron chi connectivity index (χ3n) is 2.03. The summed E-state index contributed by atoms with van der Waals surface area (Å²) in [6.07, 6.45) is -0.105. The van der Waals surface area contributed by atoms with Crippen molar-refractivity contribution in [3.8, 4) is 5.75 Å². The summed E-state index contributed by atoms with van der Waals surface area (Å²) in [4.78, 5) is 10.4. The monoisotopic (exact) mass is 243 g/mol. The lowest BCUT2D eigenvalue weighted by Gasteiger charge is -2.13. The smallest absolute Gasteiger partial charge is 0.305 e. The number of carbonyl (C=O) groups is 1. The number of carboxylic acids is 1. The second kappa shape index (κ2) is 5.72. The predicted octanol–water partition coefficient (Wildman–Crippen LogP) is 1.83. The number of aliphatic carboxylic acids is 1. The number of carboxylic acid groups (broad SMARTS) is 1. The predicted molar refractivity (Wildman–Crippen MR) is 61.9 cm³/mol. The van der Waals surface area contributed by atoms with Gasteiger partial charge in [-0.2, -0.15) is 0 Å². The van der Waals surface area contributed by atoms with Crippen LogP contribution >= 0.6 is 11.6 Å². The normalized spacial score (nSPS) is 12.2.